The van der Waals surface area contributed by atoms with Gasteiger partial charge in [0.15, 0.2) is 0 Å². The Kier molecular flexibility index (Phi) is 3.01. The summed E-state index contributed by atoms with van der Waals surface area (Å²) in [5, 5.41) is 0. The third-order valence-corrected chi connectivity index (χ3v) is 4.15. The van der Waals surface area contributed by atoms with E-state index in [1.165, 1.54) is 26.4 Å². The van der Waals surface area contributed by atoms with Gasteiger partial charge in [0.1, 0.15) is 11.3 Å². The molecule has 4 nitrogen and oxygen atoms in total. The van der Waals surface area contributed by atoms with Crippen molar-refractivity contribution in [1.82, 2.24) is 9.97 Å². The lowest BCUT2D eigenvalue weighted by molar-refractivity contribution is 0.0603. The Labute approximate surface area is 112 Å². The van der Waals surface area contributed by atoms with Crippen LogP contribution < -0.4 is 0 Å². The molecule has 4 heteroatoms. The standard InChI is InChI=1S/C15H18N2O2/c1-9-5-3-6-10(9)14-16-12-8-4-7-11(13(12)17-14)15(18)19-2/h4,7-10H,3,5-6H2,1-2H3,(H,16,17). The van der Waals surface area contributed by atoms with Gasteiger partial charge in [0.25, 0.3) is 0 Å². The van der Waals surface area contributed by atoms with E-state index >= 15 is 0 Å². The van der Waals surface area contributed by atoms with Gasteiger partial charge in [-0.1, -0.05) is 19.4 Å². The number of carbonyl (C=O) groups is 1. The van der Waals surface area contributed by atoms with Crippen LogP contribution in [0.25, 0.3) is 11.0 Å². The number of aromatic amines is 1. The highest BCUT2D eigenvalue weighted by molar-refractivity contribution is 6.01. The lowest BCUT2D eigenvalue weighted by Gasteiger charge is -2.11. The first-order chi connectivity index (χ1) is 9.20. The molecule has 2 atom stereocenters. The highest BCUT2D eigenvalue weighted by Gasteiger charge is 2.28. The summed E-state index contributed by atoms with van der Waals surface area (Å²) in [5.41, 5.74) is 2.17. The van der Waals surface area contributed by atoms with Gasteiger partial charge in [-0.2, -0.15) is 0 Å². The molecule has 2 unspecified atom stereocenters. The van der Waals surface area contributed by atoms with Crippen LogP contribution in [0.3, 0.4) is 0 Å². The topological polar surface area (TPSA) is 55.0 Å². The van der Waals surface area contributed by atoms with Crippen LogP contribution in [0.15, 0.2) is 18.2 Å². The Hall–Kier alpha value is -1.84. The molecule has 0 aliphatic heterocycles. The highest BCUT2D eigenvalue weighted by Crippen LogP contribution is 2.38. The van der Waals surface area contributed by atoms with Crippen molar-refractivity contribution in [2.45, 2.75) is 32.1 Å². The van der Waals surface area contributed by atoms with Crippen molar-refractivity contribution in [3.05, 3.63) is 29.6 Å². The van der Waals surface area contributed by atoms with Crippen LogP contribution in [0.1, 0.15) is 48.3 Å². The van der Waals surface area contributed by atoms with Gasteiger partial charge >= 0.3 is 5.97 Å². The number of methoxy groups -OCH3 is 1. The first-order valence-corrected chi connectivity index (χ1v) is 6.77. The van der Waals surface area contributed by atoms with Crippen LogP contribution in [0, 0.1) is 5.92 Å². The lowest BCUT2D eigenvalue weighted by Crippen LogP contribution is -2.04. The molecule has 0 radical (unpaired) electrons. The predicted octanol–water partition coefficient (Wildman–Crippen LogP) is 3.25. The maximum Gasteiger partial charge on any atom is 0.340 e. The number of H-pyrrole nitrogens is 1. The molecule has 1 aromatic carbocycles. The van der Waals surface area contributed by atoms with Gasteiger partial charge in [-0.15, -0.1) is 0 Å². The molecular formula is C15H18N2O2. The molecule has 0 saturated heterocycles. The van der Waals surface area contributed by atoms with E-state index in [-0.39, 0.29) is 5.97 Å². The third-order valence-electron chi connectivity index (χ3n) is 4.15. The monoisotopic (exact) mass is 258 g/mol. The number of rotatable bonds is 2. The average Bonchev–Trinajstić information content (AvgIpc) is 3.02. The highest BCUT2D eigenvalue weighted by atomic mass is 16.5. The first kappa shape index (κ1) is 12.2. The molecule has 100 valence electrons. The summed E-state index contributed by atoms with van der Waals surface area (Å²) >= 11 is 0. The van der Waals surface area contributed by atoms with Crippen molar-refractivity contribution < 1.29 is 9.53 Å². The van der Waals surface area contributed by atoms with Gasteiger partial charge in [0.05, 0.1) is 18.2 Å². The van der Waals surface area contributed by atoms with Gasteiger partial charge in [-0.3, -0.25) is 0 Å². The van der Waals surface area contributed by atoms with E-state index in [9.17, 15) is 4.79 Å². The minimum absolute atomic E-state index is 0.330. The van der Waals surface area contributed by atoms with E-state index in [0.29, 0.717) is 17.4 Å². The zero-order valence-corrected chi connectivity index (χ0v) is 11.3. The zero-order chi connectivity index (χ0) is 13.4. The number of fused-ring (bicyclic) bond motifs is 1. The summed E-state index contributed by atoms with van der Waals surface area (Å²) < 4.78 is 4.81. The van der Waals surface area contributed by atoms with Crippen molar-refractivity contribution in [2.24, 2.45) is 5.92 Å². The number of benzene rings is 1. The number of imidazole rings is 1. The molecule has 1 N–H and O–H groups in total. The van der Waals surface area contributed by atoms with Crippen LogP contribution in [0.5, 0.6) is 0 Å². The quantitative estimate of drug-likeness (QED) is 0.841. The smallest absolute Gasteiger partial charge is 0.340 e. The Bertz CT molecular complexity index is 618. The summed E-state index contributed by atoms with van der Waals surface area (Å²) in [7, 11) is 1.40. The molecule has 1 aliphatic carbocycles. The molecule has 1 heterocycles. The summed E-state index contributed by atoms with van der Waals surface area (Å²) in [6, 6.07) is 5.57. The van der Waals surface area contributed by atoms with Gasteiger partial charge in [0, 0.05) is 5.92 Å². The van der Waals surface area contributed by atoms with Crippen molar-refractivity contribution in [2.75, 3.05) is 7.11 Å². The lowest BCUT2D eigenvalue weighted by atomic mass is 9.98. The van der Waals surface area contributed by atoms with Gasteiger partial charge in [-0.25, -0.2) is 9.78 Å². The fourth-order valence-corrected chi connectivity index (χ4v) is 3.05. The van der Waals surface area contributed by atoms with Crippen molar-refractivity contribution in [3.8, 4) is 0 Å². The van der Waals surface area contributed by atoms with Crippen LogP contribution in [0.2, 0.25) is 0 Å². The molecule has 3 rings (SSSR count). The third kappa shape index (κ3) is 2.01. The van der Waals surface area contributed by atoms with E-state index in [4.69, 9.17) is 4.74 Å². The fraction of sp³-hybridized carbons (Fsp3) is 0.467. The number of aromatic nitrogens is 2. The largest absolute Gasteiger partial charge is 0.465 e. The van der Waals surface area contributed by atoms with Crippen LogP contribution in [0.4, 0.5) is 0 Å². The number of nitrogens with zero attached hydrogens (tertiary/aromatic N) is 1. The molecular weight excluding hydrogens is 240 g/mol. The number of carbonyl (C=O) groups excluding carboxylic acids is 1. The second-order valence-electron chi connectivity index (χ2n) is 5.33. The second kappa shape index (κ2) is 4.68. The molecule has 0 spiro atoms. The van der Waals surface area contributed by atoms with Crippen molar-refractivity contribution in [1.29, 1.82) is 0 Å². The SMILES string of the molecule is COC(=O)c1cccc2[nH]c(C3CCCC3C)nc12. The minimum Gasteiger partial charge on any atom is -0.465 e. The number of esters is 1. The van der Waals surface area contributed by atoms with Crippen molar-refractivity contribution in [3.63, 3.8) is 0 Å². The van der Waals surface area contributed by atoms with E-state index in [1.807, 2.05) is 12.1 Å². The molecule has 0 bridgehead atoms. The predicted molar refractivity (Wildman–Crippen MR) is 73.2 cm³/mol. The normalized spacial score (nSPS) is 22.8. The van der Waals surface area contributed by atoms with E-state index in [2.05, 4.69) is 16.9 Å². The van der Waals surface area contributed by atoms with Crippen LogP contribution in [-0.4, -0.2) is 23.0 Å². The van der Waals surface area contributed by atoms with E-state index in [0.717, 1.165) is 16.9 Å². The van der Waals surface area contributed by atoms with Crippen molar-refractivity contribution >= 4 is 17.0 Å². The average molecular weight is 258 g/mol. The summed E-state index contributed by atoms with van der Waals surface area (Å²) in [6.07, 6.45) is 3.69. The number of nitrogens with one attached hydrogen (secondary N) is 1. The Morgan fingerprint density at radius 2 is 2.26 bits per heavy atom. The Balaban J connectivity index is 2.07. The molecule has 19 heavy (non-hydrogen) atoms. The molecule has 1 aromatic heterocycles. The molecule has 1 fully saturated rings. The second-order valence-corrected chi connectivity index (χ2v) is 5.33. The zero-order valence-electron chi connectivity index (χ0n) is 11.3. The molecule has 1 aliphatic rings. The van der Waals surface area contributed by atoms with E-state index < -0.39 is 0 Å². The fourth-order valence-electron chi connectivity index (χ4n) is 3.05. The Morgan fingerprint density at radius 3 is 2.95 bits per heavy atom. The Morgan fingerprint density at radius 1 is 1.42 bits per heavy atom. The molecule has 0 amide bonds. The van der Waals surface area contributed by atoms with Crippen LogP contribution in [-0.2, 0) is 4.74 Å². The first-order valence-electron chi connectivity index (χ1n) is 6.77. The summed E-state index contributed by atoms with van der Waals surface area (Å²) in [5.74, 6) is 1.82. The van der Waals surface area contributed by atoms with E-state index in [1.54, 1.807) is 6.07 Å². The number of para-hydroxylation sites is 1. The van der Waals surface area contributed by atoms with Gasteiger partial charge < -0.3 is 9.72 Å². The molecule has 2 aromatic rings. The molecule has 1 saturated carbocycles. The maximum atomic E-state index is 11.7. The summed E-state index contributed by atoms with van der Waals surface area (Å²) in [4.78, 5) is 19.8. The summed E-state index contributed by atoms with van der Waals surface area (Å²) in [6.45, 7) is 2.27. The maximum absolute atomic E-state index is 11.7. The number of ether oxygens (including phenoxy) is 1. The number of hydrogen-bond acceptors (Lipinski definition) is 3. The van der Waals surface area contributed by atoms with Gasteiger partial charge in [0.2, 0.25) is 0 Å². The van der Waals surface area contributed by atoms with Gasteiger partial charge in [-0.05, 0) is 30.9 Å². The minimum atomic E-state index is -0.330. The number of hydrogen-bond donors (Lipinski definition) is 1. The van der Waals surface area contributed by atoms with Crippen LogP contribution >= 0.6 is 0 Å².